The van der Waals surface area contributed by atoms with E-state index in [4.69, 9.17) is 4.74 Å². The summed E-state index contributed by atoms with van der Waals surface area (Å²) in [5.41, 5.74) is 0. The fourth-order valence-corrected chi connectivity index (χ4v) is 3.68. The highest BCUT2D eigenvalue weighted by atomic mass is 16.5. The molecule has 0 aliphatic heterocycles. The summed E-state index contributed by atoms with van der Waals surface area (Å²) in [6.45, 7) is 9.74. The van der Waals surface area contributed by atoms with E-state index in [1.165, 1.54) is 96.3 Å². The molecule has 0 amide bonds. The van der Waals surface area contributed by atoms with E-state index in [1.54, 1.807) is 0 Å². The van der Waals surface area contributed by atoms with Crippen molar-refractivity contribution in [1.29, 1.82) is 0 Å². The second-order valence-corrected chi connectivity index (χ2v) is 9.64. The molecule has 0 N–H and O–H groups in total. The van der Waals surface area contributed by atoms with Crippen LogP contribution in [0.4, 0.5) is 0 Å². The highest BCUT2D eigenvalue weighted by molar-refractivity contribution is 5.69. The van der Waals surface area contributed by atoms with E-state index in [9.17, 15) is 4.79 Å². The zero-order valence-corrected chi connectivity index (χ0v) is 19.9. The van der Waals surface area contributed by atoms with Gasteiger partial charge in [-0.25, -0.2) is 0 Å². The van der Waals surface area contributed by atoms with Gasteiger partial charge in [0.1, 0.15) is 0 Å². The van der Waals surface area contributed by atoms with Gasteiger partial charge in [-0.05, 0) is 31.1 Å². The molecule has 0 atom stereocenters. The maximum absolute atomic E-state index is 11.7. The molecule has 0 spiro atoms. The van der Waals surface area contributed by atoms with Crippen molar-refractivity contribution in [2.45, 2.75) is 143 Å². The first-order valence-electron chi connectivity index (χ1n) is 12.7. The van der Waals surface area contributed by atoms with E-state index in [0.29, 0.717) is 13.0 Å². The molecule has 0 aromatic heterocycles. The summed E-state index contributed by atoms with van der Waals surface area (Å²) in [5.74, 6) is 1.63. The first-order valence-corrected chi connectivity index (χ1v) is 12.7. The molecule has 0 fully saturated rings. The summed E-state index contributed by atoms with van der Waals surface area (Å²) in [4.78, 5) is 11.7. The van der Waals surface area contributed by atoms with E-state index < -0.39 is 0 Å². The Morgan fingerprint density at radius 1 is 0.536 bits per heavy atom. The Hall–Kier alpha value is -0.530. The third-order valence-electron chi connectivity index (χ3n) is 5.60. The van der Waals surface area contributed by atoms with Crippen LogP contribution in [-0.2, 0) is 9.53 Å². The Bertz CT molecular complexity index is 322. The largest absolute Gasteiger partial charge is 0.466 e. The fourth-order valence-electron chi connectivity index (χ4n) is 3.68. The lowest BCUT2D eigenvalue weighted by molar-refractivity contribution is -0.143. The maximum Gasteiger partial charge on any atom is 0.305 e. The van der Waals surface area contributed by atoms with Gasteiger partial charge in [0, 0.05) is 6.42 Å². The van der Waals surface area contributed by atoms with Gasteiger partial charge in [0.2, 0.25) is 0 Å². The Labute approximate surface area is 177 Å². The highest BCUT2D eigenvalue weighted by Gasteiger charge is 2.03. The Balaban J connectivity index is 3.14. The van der Waals surface area contributed by atoms with E-state index >= 15 is 0 Å². The van der Waals surface area contributed by atoms with Crippen molar-refractivity contribution in [3.63, 3.8) is 0 Å². The van der Waals surface area contributed by atoms with Gasteiger partial charge in [-0.3, -0.25) is 4.79 Å². The first-order chi connectivity index (χ1) is 13.5. The average molecular weight is 397 g/mol. The molecule has 2 nitrogen and oxygen atoms in total. The van der Waals surface area contributed by atoms with Crippen molar-refractivity contribution < 1.29 is 9.53 Å². The van der Waals surface area contributed by atoms with Gasteiger partial charge in [-0.1, -0.05) is 118 Å². The Morgan fingerprint density at radius 3 is 1.32 bits per heavy atom. The molecule has 0 saturated heterocycles. The summed E-state index contributed by atoms with van der Waals surface area (Å²) in [7, 11) is 0. The molecule has 0 aliphatic rings. The topological polar surface area (TPSA) is 26.3 Å². The molecule has 168 valence electrons. The van der Waals surface area contributed by atoms with Crippen LogP contribution < -0.4 is 0 Å². The van der Waals surface area contributed by atoms with Crippen LogP contribution in [0.2, 0.25) is 0 Å². The molecule has 0 rings (SSSR count). The lowest BCUT2D eigenvalue weighted by Crippen LogP contribution is -2.05. The molecule has 0 aromatic rings. The Kier molecular flexibility index (Phi) is 20.8. The molecule has 2 heteroatoms. The molecular formula is C26H52O2. The minimum Gasteiger partial charge on any atom is -0.466 e. The van der Waals surface area contributed by atoms with Crippen molar-refractivity contribution in [2.24, 2.45) is 11.8 Å². The monoisotopic (exact) mass is 396 g/mol. The minimum atomic E-state index is 0.00810. The standard InChI is InChI=1S/C26H52O2/c1-24(2)20-16-14-12-10-8-6-5-7-9-11-13-15-17-22-26(27)28-23-19-18-21-25(3)4/h24-25H,5-23H2,1-4H3. The third kappa shape index (κ3) is 23.5. The van der Waals surface area contributed by atoms with Crippen molar-refractivity contribution in [3.8, 4) is 0 Å². The lowest BCUT2D eigenvalue weighted by atomic mass is 10.0. The van der Waals surface area contributed by atoms with E-state index in [1.807, 2.05) is 0 Å². The SMILES string of the molecule is CC(C)CCCCCCCCCCCCCCCC(=O)OCCCCC(C)C. The van der Waals surface area contributed by atoms with Crippen LogP contribution in [-0.4, -0.2) is 12.6 Å². The summed E-state index contributed by atoms with van der Waals surface area (Å²) in [5, 5.41) is 0. The molecule has 0 unspecified atom stereocenters. The van der Waals surface area contributed by atoms with Gasteiger partial charge in [0.25, 0.3) is 0 Å². The molecule has 0 aliphatic carbocycles. The Morgan fingerprint density at radius 2 is 0.893 bits per heavy atom. The first kappa shape index (κ1) is 27.5. The highest BCUT2D eigenvalue weighted by Crippen LogP contribution is 2.14. The zero-order valence-electron chi connectivity index (χ0n) is 19.9. The smallest absolute Gasteiger partial charge is 0.305 e. The molecule has 0 aromatic carbocycles. The van der Waals surface area contributed by atoms with Crippen LogP contribution in [0.1, 0.15) is 143 Å². The zero-order chi connectivity index (χ0) is 20.9. The van der Waals surface area contributed by atoms with Crippen LogP contribution in [0.3, 0.4) is 0 Å². The molecule has 0 bridgehead atoms. The van der Waals surface area contributed by atoms with Crippen LogP contribution >= 0.6 is 0 Å². The number of hydrogen-bond donors (Lipinski definition) is 0. The van der Waals surface area contributed by atoms with Crippen LogP contribution in [0, 0.1) is 11.8 Å². The normalized spacial score (nSPS) is 11.5. The quantitative estimate of drug-likeness (QED) is 0.143. The maximum atomic E-state index is 11.7. The lowest BCUT2D eigenvalue weighted by Gasteiger charge is -2.06. The molecule has 0 saturated carbocycles. The second-order valence-electron chi connectivity index (χ2n) is 9.64. The van der Waals surface area contributed by atoms with E-state index in [2.05, 4.69) is 27.7 Å². The molecular weight excluding hydrogens is 344 g/mol. The number of carbonyl (C=O) groups excluding carboxylic acids is 1. The fraction of sp³-hybridized carbons (Fsp3) is 0.962. The summed E-state index contributed by atoms with van der Waals surface area (Å²) < 4.78 is 5.31. The third-order valence-corrected chi connectivity index (χ3v) is 5.60. The summed E-state index contributed by atoms with van der Waals surface area (Å²) in [6, 6.07) is 0. The molecule has 0 heterocycles. The summed E-state index contributed by atoms with van der Waals surface area (Å²) in [6.07, 6.45) is 23.0. The van der Waals surface area contributed by atoms with Crippen molar-refractivity contribution in [2.75, 3.05) is 6.61 Å². The predicted molar refractivity (Wildman–Crippen MR) is 124 cm³/mol. The van der Waals surface area contributed by atoms with Crippen LogP contribution in [0.15, 0.2) is 0 Å². The van der Waals surface area contributed by atoms with Crippen LogP contribution in [0.25, 0.3) is 0 Å². The van der Waals surface area contributed by atoms with E-state index in [-0.39, 0.29) is 5.97 Å². The van der Waals surface area contributed by atoms with Crippen LogP contribution in [0.5, 0.6) is 0 Å². The van der Waals surface area contributed by atoms with Gasteiger partial charge in [-0.15, -0.1) is 0 Å². The number of unbranched alkanes of at least 4 members (excludes halogenated alkanes) is 13. The van der Waals surface area contributed by atoms with E-state index in [0.717, 1.165) is 24.7 Å². The number of esters is 1. The van der Waals surface area contributed by atoms with Crippen molar-refractivity contribution in [3.05, 3.63) is 0 Å². The molecule has 28 heavy (non-hydrogen) atoms. The average Bonchev–Trinajstić information content (AvgIpc) is 2.64. The number of ether oxygens (including phenoxy) is 1. The van der Waals surface area contributed by atoms with Gasteiger partial charge in [0.15, 0.2) is 0 Å². The number of hydrogen-bond acceptors (Lipinski definition) is 2. The minimum absolute atomic E-state index is 0.00810. The molecule has 0 radical (unpaired) electrons. The van der Waals surface area contributed by atoms with Crippen molar-refractivity contribution >= 4 is 5.97 Å². The van der Waals surface area contributed by atoms with Crippen molar-refractivity contribution in [1.82, 2.24) is 0 Å². The predicted octanol–water partition coefficient (Wildman–Crippen LogP) is 8.86. The summed E-state index contributed by atoms with van der Waals surface area (Å²) >= 11 is 0. The van der Waals surface area contributed by atoms with Gasteiger partial charge in [0.05, 0.1) is 6.61 Å². The van der Waals surface area contributed by atoms with Gasteiger partial charge >= 0.3 is 5.97 Å². The number of carbonyl (C=O) groups is 1. The number of rotatable bonds is 21. The van der Waals surface area contributed by atoms with Gasteiger partial charge < -0.3 is 4.74 Å². The second kappa shape index (κ2) is 21.2. The van der Waals surface area contributed by atoms with Gasteiger partial charge in [-0.2, -0.15) is 0 Å².